The molecule has 0 bridgehead atoms. The van der Waals surface area contributed by atoms with Crippen LogP contribution in [0, 0.1) is 5.92 Å². The number of thioether (sulfide) groups is 1. The Morgan fingerprint density at radius 2 is 2.10 bits per heavy atom. The average molecular weight is 499 g/mol. The molecule has 0 unspecified atom stereocenters. The molecule has 2 N–H and O–H groups in total. The summed E-state index contributed by atoms with van der Waals surface area (Å²) in [5, 5.41) is 5.86. The Balaban J connectivity index is 2.15. The van der Waals surface area contributed by atoms with Crippen molar-refractivity contribution < 1.29 is 14.3 Å². The van der Waals surface area contributed by atoms with Crippen molar-refractivity contribution in [3.05, 3.63) is 33.0 Å². The van der Waals surface area contributed by atoms with Gasteiger partial charge in [-0.2, -0.15) is 0 Å². The largest absolute Gasteiger partial charge is 0.382 e. The maximum Gasteiger partial charge on any atom is 0.321 e. The monoisotopic (exact) mass is 498 g/mol. The predicted octanol–water partition coefficient (Wildman–Crippen LogP) is 3.16. The van der Waals surface area contributed by atoms with Gasteiger partial charge in [-0.05, 0) is 37.5 Å². The molecule has 2 aromatic rings. The van der Waals surface area contributed by atoms with E-state index in [1.54, 1.807) is 16.7 Å². The molecule has 0 aliphatic heterocycles. The van der Waals surface area contributed by atoms with Crippen molar-refractivity contribution in [3.8, 4) is 0 Å². The van der Waals surface area contributed by atoms with Crippen molar-refractivity contribution in [1.29, 1.82) is 0 Å². The number of urea groups is 1. The van der Waals surface area contributed by atoms with E-state index in [4.69, 9.17) is 4.74 Å². The summed E-state index contributed by atoms with van der Waals surface area (Å²) in [6.07, 6.45) is 0.645. The standard InChI is InChI=1S/C20H27BrN4O4S/c1-4-29-9-5-8-25-18(27)15-10-14(21)6-7-16(15)23-20(25)30-12-17(26)24-19(28)22-11-13(2)3/h6-7,10,13H,4-5,8-9,11-12H2,1-3H3,(H2,22,24,26,28). The number of nitrogens with one attached hydrogen (secondary N) is 2. The van der Waals surface area contributed by atoms with Crippen molar-refractivity contribution in [3.63, 3.8) is 0 Å². The molecule has 0 saturated heterocycles. The predicted molar refractivity (Wildman–Crippen MR) is 122 cm³/mol. The first-order chi connectivity index (χ1) is 14.3. The van der Waals surface area contributed by atoms with Crippen LogP contribution in [0.1, 0.15) is 27.2 Å². The summed E-state index contributed by atoms with van der Waals surface area (Å²) >= 11 is 4.51. The van der Waals surface area contributed by atoms with Gasteiger partial charge in [0.1, 0.15) is 0 Å². The first-order valence-electron chi connectivity index (χ1n) is 9.80. The van der Waals surface area contributed by atoms with Gasteiger partial charge in [-0.15, -0.1) is 0 Å². The van der Waals surface area contributed by atoms with Crippen molar-refractivity contribution in [2.24, 2.45) is 5.92 Å². The van der Waals surface area contributed by atoms with Gasteiger partial charge in [0.15, 0.2) is 5.16 Å². The number of amides is 3. The third-order valence-corrected chi connectivity index (χ3v) is 5.48. The van der Waals surface area contributed by atoms with E-state index in [1.807, 2.05) is 26.8 Å². The number of benzene rings is 1. The van der Waals surface area contributed by atoms with E-state index >= 15 is 0 Å². The van der Waals surface area contributed by atoms with Gasteiger partial charge in [0, 0.05) is 30.8 Å². The fourth-order valence-electron chi connectivity index (χ4n) is 2.58. The van der Waals surface area contributed by atoms with Crippen LogP contribution in [0.15, 0.2) is 32.6 Å². The van der Waals surface area contributed by atoms with Gasteiger partial charge in [0.25, 0.3) is 5.56 Å². The van der Waals surface area contributed by atoms with E-state index in [-0.39, 0.29) is 17.2 Å². The van der Waals surface area contributed by atoms with Gasteiger partial charge in [-0.1, -0.05) is 41.5 Å². The average Bonchev–Trinajstić information content (AvgIpc) is 2.70. The van der Waals surface area contributed by atoms with Crippen LogP contribution in [0.2, 0.25) is 0 Å². The summed E-state index contributed by atoms with van der Waals surface area (Å²) in [5.41, 5.74) is 0.386. The van der Waals surface area contributed by atoms with Crippen LogP contribution in [-0.2, 0) is 16.1 Å². The highest BCUT2D eigenvalue weighted by atomic mass is 79.9. The van der Waals surface area contributed by atoms with E-state index in [2.05, 4.69) is 31.5 Å². The van der Waals surface area contributed by atoms with Crippen molar-refractivity contribution in [1.82, 2.24) is 20.2 Å². The summed E-state index contributed by atoms with van der Waals surface area (Å²) in [4.78, 5) is 41.5. The second kappa shape index (κ2) is 12.1. The lowest BCUT2D eigenvalue weighted by Crippen LogP contribution is -2.41. The number of carbonyl (C=O) groups excluding carboxylic acids is 2. The molecule has 0 aliphatic rings. The van der Waals surface area contributed by atoms with Gasteiger partial charge >= 0.3 is 6.03 Å². The number of fused-ring (bicyclic) bond motifs is 1. The second-order valence-electron chi connectivity index (χ2n) is 7.00. The van der Waals surface area contributed by atoms with Gasteiger partial charge < -0.3 is 10.1 Å². The summed E-state index contributed by atoms with van der Waals surface area (Å²) < 4.78 is 7.72. The molecule has 164 valence electrons. The van der Waals surface area contributed by atoms with Crippen LogP contribution in [0.3, 0.4) is 0 Å². The molecule has 2 rings (SSSR count). The van der Waals surface area contributed by atoms with E-state index in [0.717, 1.165) is 16.2 Å². The lowest BCUT2D eigenvalue weighted by atomic mass is 10.2. The van der Waals surface area contributed by atoms with Crippen molar-refractivity contribution in [2.75, 3.05) is 25.5 Å². The second-order valence-corrected chi connectivity index (χ2v) is 8.86. The maximum atomic E-state index is 13.0. The van der Waals surface area contributed by atoms with Crippen LogP contribution in [-0.4, -0.2) is 47.0 Å². The molecule has 1 aromatic carbocycles. The number of halogens is 1. The third kappa shape index (κ3) is 7.41. The summed E-state index contributed by atoms with van der Waals surface area (Å²) in [6, 6.07) is 4.78. The number of nitrogens with zero attached hydrogens (tertiary/aromatic N) is 2. The lowest BCUT2D eigenvalue weighted by Gasteiger charge is -2.13. The molecule has 0 saturated carbocycles. The Labute approximate surface area is 188 Å². The Bertz CT molecular complexity index is 948. The Morgan fingerprint density at radius 3 is 2.80 bits per heavy atom. The third-order valence-electron chi connectivity index (χ3n) is 4.01. The fourth-order valence-corrected chi connectivity index (χ4v) is 3.77. The fraction of sp³-hybridized carbons (Fsp3) is 0.500. The maximum absolute atomic E-state index is 13.0. The lowest BCUT2D eigenvalue weighted by molar-refractivity contribution is -0.117. The number of imide groups is 1. The Morgan fingerprint density at radius 1 is 1.33 bits per heavy atom. The number of aromatic nitrogens is 2. The molecule has 0 atom stereocenters. The highest BCUT2D eigenvalue weighted by Gasteiger charge is 2.15. The van der Waals surface area contributed by atoms with Crippen molar-refractivity contribution in [2.45, 2.75) is 38.9 Å². The molecule has 0 aliphatic carbocycles. The number of ether oxygens (including phenoxy) is 1. The van der Waals surface area contributed by atoms with E-state index in [9.17, 15) is 14.4 Å². The molecule has 0 radical (unpaired) electrons. The van der Waals surface area contributed by atoms with E-state index in [0.29, 0.717) is 48.8 Å². The van der Waals surface area contributed by atoms with Crippen molar-refractivity contribution >= 4 is 50.5 Å². The van der Waals surface area contributed by atoms with E-state index < -0.39 is 11.9 Å². The first kappa shape index (κ1) is 24.4. The zero-order valence-corrected chi connectivity index (χ0v) is 19.8. The molecule has 1 heterocycles. The number of hydrogen-bond acceptors (Lipinski definition) is 6. The molecule has 1 aromatic heterocycles. The Hall–Kier alpha value is -1.91. The SMILES string of the molecule is CCOCCCn1c(SCC(=O)NC(=O)NCC(C)C)nc2ccc(Br)cc2c1=O. The summed E-state index contributed by atoms with van der Waals surface area (Å²) in [5.74, 6) is -0.199. The zero-order valence-electron chi connectivity index (χ0n) is 17.4. The zero-order chi connectivity index (χ0) is 22.1. The topological polar surface area (TPSA) is 102 Å². The molecule has 0 spiro atoms. The van der Waals surface area contributed by atoms with Crippen LogP contribution in [0.4, 0.5) is 4.79 Å². The molecule has 10 heteroatoms. The van der Waals surface area contributed by atoms with Gasteiger partial charge in [-0.3, -0.25) is 19.5 Å². The van der Waals surface area contributed by atoms with Crippen LogP contribution in [0.25, 0.3) is 10.9 Å². The van der Waals surface area contributed by atoms with Gasteiger partial charge in [-0.25, -0.2) is 9.78 Å². The molecule has 0 fully saturated rings. The minimum Gasteiger partial charge on any atom is -0.382 e. The summed E-state index contributed by atoms with van der Waals surface area (Å²) in [6.45, 7) is 7.89. The quantitative estimate of drug-likeness (QED) is 0.296. The number of rotatable bonds is 10. The van der Waals surface area contributed by atoms with Crippen LogP contribution < -0.4 is 16.2 Å². The minimum absolute atomic E-state index is 0.0327. The molecular weight excluding hydrogens is 472 g/mol. The molecular formula is C20H27BrN4O4S. The highest BCUT2D eigenvalue weighted by Crippen LogP contribution is 2.20. The normalized spacial score (nSPS) is 11.1. The Kier molecular flexibility index (Phi) is 9.80. The number of hydrogen-bond donors (Lipinski definition) is 2. The molecule has 8 nitrogen and oxygen atoms in total. The van der Waals surface area contributed by atoms with Gasteiger partial charge in [0.2, 0.25) is 5.91 Å². The molecule has 3 amide bonds. The first-order valence-corrected chi connectivity index (χ1v) is 11.6. The van der Waals surface area contributed by atoms with E-state index in [1.165, 1.54) is 0 Å². The smallest absolute Gasteiger partial charge is 0.321 e. The summed E-state index contributed by atoms with van der Waals surface area (Å²) in [7, 11) is 0. The van der Waals surface area contributed by atoms with Crippen LogP contribution in [0.5, 0.6) is 0 Å². The highest BCUT2D eigenvalue weighted by molar-refractivity contribution is 9.10. The minimum atomic E-state index is -0.528. The molecule has 30 heavy (non-hydrogen) atoms. The van der Waals surface area contributed by atoms with Crippen LogP contribution >= 0.6 is 27.7 Å². The van der Waals surface area contributed by atoms with Gasteiger partial charge in [0.05, 0.1) is 16.7 Å². The number of carbonyl (C=O) groups is 2.